The van der Waals surface area contributed by atoms with Gasteiger partial charge in [0.05, 0.1) is 12.0 Å². The summed E-state index contributed by atoms with van der Waals surface area (Å²) in [6.45, 7) is 0.627. The number of nitrogens with zero attached hydrogens (tertiary/aromatic N) is 2. The fraction of sp³-hybridized carbons (Fsp3) is 0.235. The molecule has 13 nitrogen and oxygen atoms in total. The molecule has 0 aromatic heterocycles. The number of nitrogens with two attached hydrogens (primary N) is 2. The number of benzene rings is 4. The summed E-state index contributed by atoms with van der Waals surface area (Å²) >= 11 is 0. The highest BCUT2D eigenvalue weighted by Gasteiger charge is 2.42. The monoisotopic (exact) mass is 785 g/mol. The van der Waals surface area contributed by atoms with Crippen LogP contribution in [-0.4, -0.2) is 83.6 Å². The first-order valence-corrected chi connectivity index (χ1v) is 16.8. The number of ether oxygens (including phenoxy) is 1. The molecule has 1 amide bonds. The Hall–Kier alpha value is -5.89. The Labute approximate surface area is 303 Å². The minimum Gasteiger partial charge on any atom is -0.497 e. The van der Waals surface area contributed by atoms with E-state index in [1.165, 1.54) is 4.31 Å². The second-order valence-corrected chi connectivity index (χ2v) is 13.3. The van der Waals surface area contributed by atoms with Crippen LogP contribution in [0.2, 0.25) is 0 Å². The van der Waals surface area contributed by atoms with Gasteiger partial charge in [-0.3, -0.25) is 10.2 Å². The lowest BCUT2D eigenvalue weighted by Gasteiger charge is -2.28. The zero-order chi connectivity index (χ0) is 40.6. The van der Waals surface area contributed by atoms with Gasteiger partial charge in [-0.15, -0.1) is 0 Å². The van der Waals surface area contributed by atoms with Crippen molar-refractivity contribution in [1.82, 2.24) is 9.21 Å². The first kappa shape index (κ1) is 42.5. The molecule has 4 aromatic rings. The number of carbonyl (C=O) groups excluding carboxylic acids is 1. The summed E-state index contributed by atoms with van der Waals surface area (Å²) < 4.78 is 98.5. The number of anilines is 1. The van der Waals surface area contributed by atoms with Crippen LogP contribution in [0, 0.1) is 5.41 Å². The van der Waals surface area contributed by atoms with Crippen molar-refractivity contribution in [3.05, 3.63) is 102 Å². The summed E-state index contributed by atoms with van der Waals surface area (Å²) in [4.78, 5) is 33.2. The number of sulfonamides is 1. The second kappa shape index (κ2) is 17.3. The number of carbonyl (C=O) groups is 3. The lowest BCUT2D eigenvalue weighted by atomic mass is 10.1. The summed E-state index contributed by atoms with van der Waals surface area (Å²) in [6, 6.07) is 23.7. The highest BCUT2D eigenvalue weighted by Crippen LogP contribution is 2.31. The zero-order valence-electron chi connectivity index (χ0n) is 28.1. The van der Waals surface area contributed by atoms with Crippen molar-refractivity contribution in [2.75, 3.05) is 19.4 Å². The van der Waals surface area contributed by atoms with E-state index in [0.29, 0.717) is 40.9 Å². The minimum atomic E-state index is -5.08. The Kier molecular flexibility index (Phi) is 13.6. The summed E-state index contributed by atoms with van der Waals surface area (Å²) in [6.07, 6.45) is -9.83. The number of nitrogen functional groups attached to an aromatic ring is 2. The number of amidine groups is 1. The zero-order valence-corrected chi connectivity index (χ0v) is 28.9. The molecule has 1 aliphatic heterocycles. The van der Waals surface area contributed by atoms with E-state index in [1.807, 2.05) is 18.2 Å². The maximum Gasteiger partial charge on any atom is 0.490 e. The smallest absolute Gasteiger partial charge is 0.490 e. The van der Waals surface area contributed by atoms with Crippen LogP contribution in [-0.2, 0) is 37.5 Å². The lowest BCUT2D eigenvalue weighted by Crippen LogP contribution is -2.44. The molecule has 1 heterocycles. The van der Waals surface area contributed by atoms with Crippen molar-refractivity contribution in [2.24, 2.45) is 5.73 Å². The van der Waals surface area contributed by atoms with Crippen LogP contribution in [0.15, 0.2) is 89.8 Å². The third-order valence-electron chi connectivity index (χ3n) is 7.72. The molecule has 5 rings (SSSR count). The number of rotatable bonds is 9. The molecule has 4 aromatic carbocycles. The SMILES string of the molecule is COc1ccc2ccc(S(=O)(=O)N(Cc3ccccc3N)[C@H]3CCN(Cc4cccc(C(=N)N)c4)C3=O)cc2c1.O=C(O)C(F)(F)F.O=C(O)C(F)(F)F. The Morgan fingerprint density at radius 3 is 2.06 bits per heavy atom. The number of hydrogen-bond donors (Lipinski definition) is 5. The fourth-order valence-electron chi connectivity index (χ4n) is 5.04. The maximum atomic E-state index is 14.2. The van der Waals surface area contributed by atoms with Gasteiger partial charge in [0.15, 0.2) is 0 Å². The minimum absolute atomic E-state index is 0.0464. The lowest BCUT2D eigenvalue weighted by molar-refractivity contribution is -0.193. The van der Waals surface area contributed by atoms with Gasteiger partial charge >= 0.3 is 24.3 Å². The summed E-state index contributed by atoms with van der Waals surface area (Å²) in [7, 11) is -2.56. The molecule has 0 aliphatic carbocycles. The summed E-state index contributed by atoms with van der Waals surface area (Å²) in [5, 5.41) is 23.5. The number of likely N-dealkylation sites (tertiary alicyclic amines) is 1. The molecule has 0 saturated carbocycles. The van der Waals surface area contributed by atoms with Crippen LogP contribution >= 0.6 is 0 Å². The van der Waals surface area contributed by atoms with E-state index in [4.69, 9.17) is 41.4 Å². The van der Waals surface area contributed by atoms with Crippen molar-refractivity contribution < 1.29 is 64.1 Å². The number of fused-ring (bicyclic) bond motifs is 1. The van der Waals surface area contributed by atoms with Crippen LogP contribution in [0.4, 0.5) is 32.0 Å². The third-order valence-corrected chi connectivity index (χ3v) is 9.57. The molecule has 20 heteroatoms. The number of aliphatic carboxylic acids is 2. The van der Waals surface area contributed by atoms with Gasteiger partial charge in [0.25, 0.3) is 0 Å². The molecular formula is C34H33F6N5O8S. The summed E-state index contributed by atoms with van der Waals surface area (Å²) in [5.41, 5.74) is 14.3. The predicted molar refractivity (Wildman–Crippen MR) is 183 cm³/mol. The first-order valence-electron chi connectivity index (χ1n) is 15.3. The number of methoxy groups -OCH3 is 1. The molecule has 7 N–H and O–H groups in total. The van der Waals surface area contributed by atoms with Crippen LogP contribution in [0.5, 0.6) is 5.75 Å². The van der Waals surface area contributed by atoms with Gasteiger partial charge in [0.1, 0.15) is 17.6 Å². The molecule has 54 heavy (non-hydrogen) atoms. The number of carboxylic acid groups (broad SMARTS) is 2. The topological polar surface area (TPSA) is 217 Å². The van der Waals surface area contributed by atoms with Gasteiger partial charge in [-0.1, -0.05) is 48.5 Å². The third kappa shape index (κ3) is 11.1. The van der Waals surface area contributed by atoms with Gasteiger partial charge < -0.3 is 31.3 Å². The van der Waals surface area contributed by atoms with Crippen LogP contribution in [0.1, 0.15) is 23.1 Å². The molecular weight excluding hydrogens is 752 g/mol. The normalized spacial score (nSPS) is 14.5. The number of carboxylic acids is 2. The highest BCUT2D eigenvalue weighted by atomic mass is 32.2. The van der Waals surface area contributed by atoms with Crippen LogP contribution < -0.4 is 16.2 Å². The Bertz CT molecular complexity index is 2110. The average Bonchev–Trinajstić information content (AvgIpc) is 3.45. The van der Waals surface area contributed by atoms with Gasteiger partial charge in [-0.05, 0) is 64.7 Å². The molecule has 290 valence electrons. The number of halogens is 6. The number of alkyl halides is 6. The quantitative estimate of drug-likeness (QED) is 0.0664. The number of hydrogen-bond acceptors (Lipinski definition) is 8. The maximum absolute atomic E-state index is 14.2. The highest BCUT2D eigenvalue weighted by molar-refractivity contribution is 7.89. The van der Waals surface area contributed by atoms with Crippen molar-refractivity contribution >= 4 is 50.2 Å². The van der Waals surface area contributed by atoms with Crippen molar-refractivity contribution in [3.63, 3.8) is 0 Å². The fourth-order valence-corrected chi connectivity index (χ4v) is 6.67. The second-order valence-electron chi connectivity index (χ2n) is 11.4. The molecule has 1 fully saturated rings. The standard InChI is InChI=1S/C30H31N5O4S.2C2HF3O2/c1-39-25-11-9-21-10-12-26(17-24(21)16-25)40(37,38)35(19-23-6-2-3-8-27(23)31)28-13-14-34(30(28)36)18-20-5-4-7-22(15-20)29(32)33;2*3-2(4,5)1(6)7/h2-12,15-17,28H,13-14,18-19,31H2,1H3,(H3,32,33);2*(H,6,7)/t28-;;/m0../s1. The largest absolute Gasteiger partial charge is 0.497 e. The van der Waals surface area contributed by atoms with E-state index in [-0.39, 0.29) is 29.7 Å². The Morgan fingerprint density at radius 1 is 0.907 bits per heavy atom. The average molecular weight is 786 g/mol. The van der Waals surface area contributed by atoms with Crippen LogP contribution in [0.25, 0.3) is 10.8 Å². The van der Waals surface area contributed by atoms with E-state index in [2.05, 4.69) is 0 Å². The van der Waals surface area contributed by atoms with Crippen molar-refractivity contribution in [1.29, 1.82) is 5.41 Å². The number of para-hydroxylation sites is 1. The molecule has 1 aliphatic rings. The molecule has 1 atom stereocenters. The Balaban J connectivity index is 0.000000476. The predicted octanol–water partition coefficient (Wildman–Crippen LogP) is 4.97. The van der Waals surface area contributed by atoms with Crippen LogP contribution in [0.3, 0.4) is 0 Å². The molecule has 1 saturated heterocycles. The van der Waals surface area contributed by atoms with Gasteiger partial charge in [0, 0.05) is 30.9 Å². The first-order chi connectivity index (χ1) is 25.1. The van der Waals surface area contributed by atoms with E-state index in [1.54, 1.807) is 78.7 Å². The van der Waals surface area contributed by atoms with E-state index in [9.17, 15) is 39.6 Å². The molecule has 0 radical (unpaired) electrons. The van der Waals surface area contributed by atoms with E-state index >= 15 is 0 Å². The van der Waals surface area contributed by atoms with E-state index in [0.717, 1.165) is 10.9 Å². The number of amides is 1. The number of nitrogens with one attached hydrogen (secondary N) is 1. The Morgan fingerprint density at radius 2 is 1.50 bits per heavy atom. The molecule has 0 spiro atoms. The van der Waals surface area contributed by atoms with E-state index < -0.39 is 40.4 Å². The van der Waals surface area contributed by atoms with Crippen molar-refractivity contribution in [3.8, 4) is 5.75 Å². The molecule has 0 unspecified atom stereocenters. The molecule has 0 bridgehead atoms. The van der Waals surface area contributed by atoms with Gasteiger partial charge in [-0.2, -0.15) is 30.6 Å². The summed E-state index contributed by atoms with van der Waals surface area (Å²) in [5.74, 6) is -5.24. The van der Waals surface area contributed by atoms with Gasteiger partial charge in [0.2, 0.25) is 15.9 Å². The van der Waals surface area contributed by atoms with Gasteiger partial charge in [-0.25, -0.2) is 18.0 Å². The van der Waals surface area contributed by atoms with Crippen molar-refractivity contribution in [2.45, 2.75) is 42.8 Å².